The normalized spacial score (nSPS) is 11.7. The highest BCUT2D eigenvalue weighted by Crippen LogP contribution is 2.19. The molecule has 1 N–H and O–H groups in total. The van der Waals surface area contributed by atoms with Crippen LogP contribution >= 0.6 is 0 Å². The second-order valence-corrected chi connectivity index (χ2v) is 6.53. The average Bonchev–Trinajstić information content (AvgIpc) is 2.74. The maximum absolute atomic E-state index is 5.87. The van der Waals surface area contributed by atoms with E-state index in [1.165, 1.54) is 5.56 Å². The SMILES string of the molecule is Cc1cccc(OCc2cc(C)c(CNC(C)(C)C)o2)c1. The van der Waals surface area contributed by atoms with Gasteiger partial charge in [0.2, 0.25) is 0 Å². The summed E-state index contributed by atoms with van der Waals surface area (Å²) in [4.78, 5) is 0. The first kappa shape index (κ1) is 15.6. The molecule has 21 heavy (non-hydrogen) atoms. The topological polar surface area (TPSA) is 34.4 Å². The van der Waals surface area contributed by atoms with Crippen molar-refractivity contribution >= 4 is 0 Å². The number of ether oxygens (including phenoxy) is 1. The van der Waals surface area contributed by atoms with E-state index in [0.29, 0.717) is 6.61 Å². The summed E-state index contributed by atoms with van der Waals surface area (Å²) in [6.45, 7) is 11.8. The van der Waals surface area contributed by atoms with Crippen molar-refractivity contribution in [2.45, 2.75) is 53.3 Å². The van der Waals surface area contributed by atoms with Gasteiger partial charge in [0.15, 0.2) is 0 Å². The second-order valence-electron chi connectivity index (χ2n) is 6.53. The molecule has 0 fully saturated rings. The fourth-order valence-electron chi connectivity index (χ4n) is 2.04. The first-order valence-electron chi connectivity index (χ1n) is 7.36. The molecule has 2 aromatic rings. The van der Waals surface area contributed by atoms with E-state index in [2.05, 4.69) is 52.1 Å². The smallest absolute Gasteiger partial charge is 0.146 e. The molecule has 114 valence electrons. The van der Waals surface area contributed by atoms with Crippen LogP contribution in [0, 0.1) is 13.8 Å². The second kappa shape index (κ2) is 6.35. The Labute approximate surface area is 127 Å². The summed E-state index contributed by atoms with van der Waals surface area (Å²) in [7, 11) is 0. The van der Waals surface area contributed by atoms with Crippen molar-refractivity contribution in [2.24, 2.45) is 0 Å². The van der Waals surface area contributed by atoms with Gasteiger partial charge in [-0.3, -0.25) is 0 Å². The van der Waals surface area contributed by atoms with E-state index >= 15 is 0 Å². The fraction of sp³-hybridized carbons (Fsp3) is 0.444. The average molecular weight is 287 g/mol. The first-order chi connectivity index (χ1) is 9.83. The molecule has 2 rings (SSSR count). The monoisotopic (exact) mass is 287 g/mol. The van der Waals surface area contributed by atoms with E-state index in [4.69, 9.17) is 9.15 Å². The highest BCUT2D eigenvalue weighted by molar-refractivity contribution is 5.28. The molecule has 1 heterocycles. The van der Waals surface area contributed by atoms with Crippen molar-refractivity contribution in [1.29, 1.82) is 0 Å². The van der Waals surface area contributed by atoms with Gasteiger partial charge >= 0.3 is 0 Å². The molecule has 0 unspecified atom stereocenters. The predicted octanol–water partition coefficient (Wildman–Crippen LogP) is 4.36. The molecule has 1 aromatic carbocycles. The molecule has 0 radical (unpaired) electrons. The lowest BCUT2D eigenvalue weighted by molar-refractivity contribution is 0.263. The van der Waals surface area contributed by atoms with E-state index in [9.17, 15) is 0 Å². The number of hydrogen-bond donors (Lipinski definition) is 1. The molecule has 0 aliphatic rings. The zero-order chi connectivity index (χ0) is 15.5. The standard InChI is InChI=1S/C18H25NO2/c1-13-7-6-8-15(9-13)20-12-16-10-14(2)17(21-16)11-19-18(3,4)5/h6-10,19H,11-12H2,1-5H3. The number of benzene rings is 1. The van der Waals surface area contributed by atoms with Crippen molar-refractivity contribution in [3.8, 4) is 5.75 Å². The number of hydrogen-bond acceptors (Lipinski definition) is 3. The van der Waals surface area contributed by atoms with E-state index in [0.717, 1.165) is 29.4 Å². The molecule has 0 amide bonds. The van der Waals surface area contributed by atoms with Crippen molar-refractivity contribution in [3.05, 3.63) is 53.0 Å². The highest BCUT2D eigenvalue weighted by atomic mass is 16.5. The van der Waals surface area contributed by atoms with Gasteiger partial charge in [-0.1, -0.05) is 12.1 Å². The summed E-state index contributed by atoms with van der Waals surface area (Å²) < 4.78 is 11.6. The van der Waals surface area contributed by atoms with E-state index in [-0.39, 0.29) is 5.54 Å². The maximum Gasteiger partial charge on any atom is 0.146 e. The summed E-state index contributed by atoms with van der Waals surface area (Å²) in [5, 5.41) is 3.44. The number of rotatable bonds is 5. The van der Waals surface area contributed by atoms with Crippen LogP contribution in [0.15, 0.2) is 34.7 Å². The molecule has 0 spiro atoms. The van der Waals surface area contributed by atoms with Gasteiger partial charge in [-0.25, -0.2) is 0 Å². The van der Waals surface area contributed by atoms with E-state index in [1.54, 1.807) is 0 Å². The zero-order valence-corrected chi connectivity index (χ0v) is 13.6. The molecule has 0 saturated heterocycles. The summed E-state index contributed by atoms with van der Waals surface area (Å²) in [6, 6.07) is 10.1. The van der Waals surface area contributed by atoms with Gasteiger partial charge in [-0.15, -0.1) is 0 Å². The molecule has 0 aliphatic heterocycles. The van der Waals surface area contributed by atoms with Crippen LogP contribution in [0.1, 0.15) is 43.4 Å². The third-order valence-corrected chi connectivity index (χ3v) is 3.22. The Bertz CT molecular complexity index is 594. The molecule has 1 aromatic heterocycles. The predicted molar refractivity (Wildman–Crippen MR) is 85.5 cm³/mol. The highest BCUT2D eigenvalue weighted by Gasteiger charge is 2.13. The molecule has 0 atom stereocenters. The molecular weight excluding hydrogens is 262 g/mol. The lowest BCUT2D eigenvalue weighted by Crippen LogP contribution is -2.35. The lowest BCUT2D eigenvalue weighted by atomic mass is 10.1. The molecule has 0 saturated carbocycles. The van der Waals surface area contributed by atoms with Gasteiger partial charge in [-0.05, 0) is 63.9 Å². The van der Waals surface area contributed by atoms with Crippen LogP contribution in [0.3, 0.4) is 0 Å². The number of nitrogens with one attached hydrogen (secondary N) is 1. The fourth-order valence-corrected chi connectivity index (χ4v) is 2.04. The van der Waals surface area contributed by atoms with Crippen LogP contribution in [0.5, 0.6) is 5.75 Å². The summed E-state index contributed by atoms with van der Waals surface area (Å²) >= 11 is 0. The van der Waals surface area contributed by atoms with Crippen LogP contribution in [0.25, 0.3) is 0 Å². The van der Waals surface area contributed by atoms with Gasteiger partial charge in [0.25, 0.3) is 0 Å². The Morgan fingerprint density at radius 2 is 1.90 bits per heavy atom. The van der Waals surface area contributed by atoms with Crippen LogP contribution in [0.4, 0.5) is 0 Å². The maximum atomic E-state index is 5.87. The molecule has 0 aliphatic carbocycles. The molecule has 3 heteroatoms. The van der Waals surface area contributed by atoms with Gasteiger partial charge in [0, 0.05) is 5.54 Å². The van der Waals surface area contributed by atoms with Crippen molar-refractivity contribution in [1.82, 2.24) is 5.32 Å². The van der Waals surface area contributed by atoms with Crippen molar-refractivity contribution in [3.63, 3.8) is 0 Å². The molecule has 0 bridgehead atoms. The number of aryl methyl sites for hydroxylation is 2. The Hall–Kier alpha value is -1.74. The third kappa shape index (κ3) is 4.94. The van der Waals surface area contributed by atoms with Crippen LogP contribution in [0.2, 0.25) is 0 Å². The quantitative estimate of drug-likeness (QED) is 0.887. The minimum absolute atomic E-state index is 0.0808. The van der Waals surface area contributed by atoms with Gasteiger partial charge in [-0.2, -0.15) is 0 Å². The Morgan fingerprint density at radius 1 is 1.14 bits per heavy atom. The Balaban J connectivity index is 1.95. The molecule has 3 nitrogen and oxygen atoms in total. The Morgan fingerprint density at radius 3 is 2.57 bits per heavy atom. The number of furan rings is 1. The largest absolute Gasteiger partial charge is 0.486 e. The summed E-state index contributed by atoms with van der Waals surface area (Å²) in [5.41, 5.74) is 2.44. The van der Waals surface area contributed by atoms with Crippen molar-refractivity contribution < 1.29 is 9.15 Å². The van der Waals surface area contributed by atoms with Crippen LogP contribution in [-0.2, 0) is 13.2 Å². The minimum atomic E-state index is 0.0808. The molecular formula is C18H25NO2. The lowest BCUT2D eigenvalue weighted by Gasteiger charge is -2.19. The minimum Gasteiger partial charge on any atom is -0.486 e. The first-order valence-corrected chi connectivity index (χ1v) is 7.36. The van der Waals surface area contributed by atoms with E-state index in [1.807, 2.05) is 18.2 Å². The van der Waals surface area contributed by atoms with Gasteiger partial charge in [0.05, 0.1) is 6.54 Å². The van der Waals surface area contributed by atoms with Crippen LogP contribution < -0.4 is 10.1 Å². The summed E-state index contributed by atoms with van der Waals surface area (Å²) in [5.74, 6) is 2.71. The summed E-state index contributed by atoms with van der Waals surface area (Å²) in [6.07, 6.45) is 0. The van der Waals surface area contributed by atoms with E-state index < -0.39 is 0 Å². The van der Waals surface area contributed by atoms with Crippen LogP contribution in [-0.4, -0.2) is 5.54 Å². The van der Waals surface area contributed by atoms with Crippen molar-refractivity contribution in [2.75, 3.05) is 0 Å². The van der Waals surface area contributed by atoms with Gasteiger partial charge < -0.3 is 14.5 Å². The zero-order valence-electron chi connectivity index (χ0n) is 13.6. The third-order valence-electron chi connectivity index (χ3n) is 3.22. The Kier molecular flexibility index (Phi) is 4.73. The van der Waals surface area contributed by atoms with Gasteiger partial charge in [0.1, 0.15) is 23.9 Å².